The number of hydrogen-bond acceptors (Lipinski definition) is 3. The largest absolute Gasteiger partial charge is 0.322 e. The van der Waals surface area contributed by atoms with Crippen molar-refractivity contribution in [2.45, 2.75) is 32.1 Å². The maximum Gasteiger partial charge on any atom is 0.258 e. The van der Waals surface area contributed by atoms with E-state index in [-0.39, 0.29) is 11.8 Å². The molecule has 5 heteroatoms. The molecule has 1 aliphatic carbocycles. The van der Waals surface area contributed by atoms with Gasteiger partial charge in [-0.1, -0.05) is 42.8 Å². The van der Waals surface area contributed by atoms with Gasteiger partial charge in [0.25, 0.3) is 11.8 Å². The van der Waals surface area contributed by atoms with E-state index in [0.717, 1.165) is 36.9 Å². The van der Waals surface area contributed by atoms with Crippen LogP contribution in [0.3, 0.4) is 0 Å². The third-order valence-corrected chi connectivity index (χ3v) is 6.15. The van der Waals surface area contributed by atoms with Crippen LogP contribution in [0.5, 0.6) is 0 Å². The lowest BCUT2D eigenvalue weighted by Gasteiger charge is -2.10. The number of benzene rings is 2. The first-order chi connectivity index (χ1) is 13.7. The molecule has 4 nitrogen and oxygen atoms in total. The Morgan fingerprint density at radius 1 is 0.750 bits per heavy atom. The van der Waals surface area contributed by atoms with Gasteiger partial charge in [-0.3, -0.25) is 9.59 Å². The van der Waals surface area contributed by atoms with Gasteiger partial charge < -0.3 is 10.6 Å². The van der Waals surface area contributed by atoms with Crippen LogP contribution in [-0.2, 0) is 12.8 Å². The third kappa shape index (κ3) is 3.99. The Morgan fingerprint density at radius 3 is 2.18 bits per heavy atom. The zero-order valence-electron chi connectivity index (χ0n) is 15.5. The Balaban J connectivity index is 1.67. The summed E-state index contributed by atoms with van der Waals surface area (Å²) in [7, 11) is 0. The topological polar surface area (TPSA) is 58.2 Å². The quantitative estimate of drug-likeness (QED) is 0.576. The highest BCUT2D eigenvalue weighted by molar-refractivity contribution is 7.17. The van der Waals surface area contributed by atoms with Crippen molar-refractivity contribution in [3.63, 3.8) is 0 Å². The van der Waals surface area contributed by atoms with Crippen LogP contribution < -0.4 is 10.6 Å². The van der Waals surface area contributed by atoms with Gasteiger partial charge in [0.15, 0.2) is 0 Å². The molecule has 0 fully saturated rings. The molecule has 0 radical (unpaired) electrons. The molecule has 142 valence electrons. The fourth-order valence-electron chi connectivity index (χ4n) is 3.55. The van der Waals surface area contributed by atoms with E-state index in [1.54, 1.807) is 23.5 Å². The van der Waals surface area contributed by atoms with Crippen LogP contribution in [0.1, 0.15) is 50.4 Å². The zero-order valence-corrected chi connectivity index (χ0v) is 16.4. The summed E-state index contributed by atoms with van der Waals surface area (Å²) in [6.45, 7) is 0. The van der Waals surface area contributed by atoms with Gasteiger partial charge in [0.1, 0.15) is 5.00 Å². The van der Waals surface area contributed by atoms with Gasteiger partial charge in [-0.2, -0.15) is 0 Å². The highest BCUT2D eigenvalue weighted by Gasteiger charge is 2.26. The minimum atomic E-state index is -0.189. The highest BCUT2D eigenvalue weighted by Crippen LogP contribution is 2.38. The molecular formula is C23H22N2O2S. The number of aryl methyl sites for hydroxylation is 1. The number of thiophene rings is 1. The van der Waals surface area contributed by atoms with E-state index in [1.807, 2.05) is 48.5 Å². The average Bonchev–Trinajstić information content (AvgIpc) is 2.90. The first-order valence-electron chi connectivity index (χ1n) is 9.59. The molecule has 1 aromatic heterocycles. The first kappa shape index (κ1) is 18.4. The molecule has 1 aliphatic rings. The molecule has 2 N–H and O–H groups in total. The molecule has 1 heterocycles. The summed E-state index contributed by atoms with van der Waals surface area (Å²) < 4.78 is 0. The minimum Gasteiger partial charge on any atom is -0.322 e. The Hall–Kier alpha value is -2.92. The summed E-state index contributed by atoms with van der Waals surface area (Å²) in [5.74, 6) is -0.347. The van der Waals surface area contributed by atoms with E-state index >= 15 is 0 Å². The van der Waals surface area contributed by atoms with E-state index in [1.165, 1.54) is 11.3 Å². The molecule has 0 spiro atoms. The number of para-hydroxylation sites is 1. The number of anilines is 2. The number of hydrogen-bond donors (Lipinski definition) is 2. The van der Waals surface area contributed by atoms with E-state index < -0.39 is 0 Å². The molecule has 0 saturated heterocycles. The van der Waals surface area contributed by atoms with E-state index in [2.05, 4.69) is 10.6 Å². The van der Waals surface area contributed by atoms with Gasteiger partial charge in [0, 0.05) is 16.1 Å². The lowest BCUT2D eigenvalue weighted by atomic mass is 10.0. The molecule has 3 aromatic rings. The Morgan fingerprint density at radius 2 is 1.43 bits per heavy atom. The van der Waals surface area contributed by atoms with Crippen molar-refractivity contribution in [1.82, 2.24) is 0 Å². The maximum atomic E-state index is 13.1. The van der Waals surface area contributed by atoms with Gasteiger partial charge in [0.05, 0.1) is 5.56 Å². The molecule has 0 atom stereocenters. The van der Waals surface area contributed by atoms with Crippen molar-refractivity contribution >= 4 is 33.8 Å². The Bertz CT molecular complexity index is 981. The van der Waals surface area contributed by atoms with Crippen molar-refractivity contribution < 1.29 is 9.59 Å². The Kier molecular flexibility index (Phi) is 5.53. The molecule has 0 aliphatic heterocycles. The number of fused-ring (bicyclic) bond motifs is 1. The van der Waals surface area contributed by atoms with Crippen molar-refractivity contribution in [2.75, 3.05) is 10.6 Å². The highest BCUT2D eigenvalue weighted by atomic mass is 32.1. The molecular weight excluding hydrogens is 368 g/mol. The predicted octanol–water partition coefficient (Wildman–Crippen LogP) is 5.52. The summed E-state index contributed by atoms with van der Waals surface area (Å²) in [5.41, 5.74) is 3.05. The van der Waals surface area contributed by atoms with Gasteiger partial charge in [-0.05, 0) is 55.5 Å². The lowest BCUT2D eigenvalue weighted by Crippen LogP contribution is -2.18. The molecule has 28 heavy (non-hydrogen) atoms. The van der Waals surface area contributed by atoms with Gasteiger partial charge in [-0.15, -0.1) is 11.3 Å². The minimum absolute atomic E-state index is 0.158. The van der Waals surface area contributed by atoms with Crippen molar-refractivity contribution in [1.29, 1.82) is 0 Å². The van der Waals surface area contributed by atoms with Crippen LogP contribution in [0, 0.1) is 0 Å². The third-order valence-electron chi connectivity index (χ3n) is 4.94. The molecule has 2 aromatic carbocycles. The monoisotopic (exact) mass is 390 g/mol. The summed E-state index contributed by atoms with van der Waals surface area (Å²) in [6, 6.07) is 18.5. The van der Waals surface area contributed by atoms with Gasteiger partial charge >= 0.3 is 0 Å². The Labute approximate surface area is 168 Å². The summed E-state index contributed by atoms with van der Waals surface area (Å²) in [5, 5.41) is 6.62. The summed E-state index contributed by atoms with van der Waals surface area (Å²) in [6.07, 6.45) is 5.21. The van der Waals surface area contributed by atoms with E-state index in [9.17, 15) is 9.59 Å². The molecule has 0 unspecified atom stereocenters. The van der Waals surface area contributed by atoms with Gasteiger partial charge in [0.2, 0.25) is 0 Å². The van der Waals surface area contributed by atoms with Gasteiger partial charge in [-0.25, -0.2) is 0 Å². The molecule has 0 bridgehead atoms. The number of nitrogens with one attached hydrogen (secondary N) is 2. The average molecular weight is 391 g/mol. The number of carbonyl (C=O) groups excluding carboxylic acids is 2. The van der Waals surface area contributed by atoms with Crippen LogP contribution in [0.4, 0.5) is 10.7 Å². The maximum absolute atomic E-state index is 13.1. The first-order valence-corrected chi connectivity index (χ1v) is 10.4. The lowest BCUT2D eigenvalue weighted by molar-refractivity contribution is 0.102. The zero-order chi connectivity index (χ0) is 19.3. The molecule has 0 saturated carbocycles. The number of carbonyl (C=O) groups is 2. The fraction of sp³-hybridized carbons (Fsp3) is 0.217. The van der Waals surface area contributed by atoms with Crippen LogP contribution >= 0.6 is 11.3 Å². The van der Waals surface area contributed by atoms with E-state index in [4.69, 9.17) is 0 Å². The van der Waals surface area contributed by atoms with Crippen LogP contribution in [-0.4, -0.2) is 11.8 Å². The SMILES string of the molecule is O=C(Nc1sc2c(c1C(=O)Nc1ccccc1)CCCCC2)c1ccccc1. The standard InChI is InChI=1S/C23H22N2O2S/c26-21(16-10-4-1-5-11-16)25-23-20(18-14-8-3-9-15-19(18)28-23)22(27)24-17-12-6-2-7-13-17/h1-2,4-7,10-13H,3,8-9,14-15H2,(H,24,27)(H,25,26). The number of rotatable bonds is 4. The second kappa shape index (κ2) is 8.40. The predicted molar refractivity (Wildman–Crippen MR) is 114 cm³/mol. The van der Waals surface area contributed by atoms with Crippen molar-refractivity contribution in [3.05, 3.63) is 82.2 Å². The number of amides is 2. The van der Waals surface area contributed by atoms with Crippen LogP contribution in [0.25, 0.3) is 0 Å². The second-order valence-corrected chi connectivity index (χ2v) is 8.01. The van der Waals surface area contributed by atoms with Crippen molar-refractivity contribution in [3.8, 4) is 0 Å². The van der Waals surface area contributed by atoms with Crippen LogP contribution in [0.15, 0.2) is 60.7 Å². The second-order valence-electron chi connectivity index (χ2n) is 6.91. The fourth-order valence-corrected chi connectivity index (χ4v) is 4.83. The summed E-state index contributed by atoms with van der Waals surface area (Å²) >= 11 is 1.54. The van der Waals surface area contributed by atoms with Crippen LogP contribution in [0.2, 0.25) is 0 Å². The molecule has 2 amide bonds. The molecule has 4 rings (SSSR count). The van der Waals surface area contributed by atoms with E-state index in [0.29, 0.717) is 16.1 Å². The normalized spacial score (nSPS) is 13.3. The van der Waals surface area contributed by atoms with Crippen molar-refractivity contribution in [2.24, 2.45) is 0 Å². The summed E-state index contributed by atoms with van der Waals surface area (Å²) in [4.78, 5) is 27.1. The smallest absolute Gasteiger partial charge is 0.258 e.